The summed E-state index contributed by atoms with van der Waals surface area (Å²) in [6, 6.07) is 5.86. The van der Waals surface area contributed by atoms with Crippen molar-refractivity contribution >= 4 is 23.3 Å². The number of nitrogens with one attached hydrogen (secondary N) is 2. The molecule has 3 amide bonds. The molecule has 0 aromatic heterocycles. The summed E-state index contributed by atoms with van der Waals surface area (Å²) in [6.07, 6.45) is 1.29. The molecule has 152 valence electrons. The van der Waals surface area contributed by atoms with Gasteiger partial charge in [-0.1, -0.05) is 13.8 Å². The summed E-state index contributed by atoms with van der Waals surface area (Å²) in [6.45, 7) is 12.4. The molecule has 0 bridgehead atoms. The molecule has 0 radical (unpaired) electrons. The van der Waals surface area contributed by atoms with Crippen LogP contribution in [0.4, 0.5) is 16.2 Å². The molecule has 1 aromatic rings. The van der Waals surface area contributed by atoms with Crippen LogP contribution in [-0.4, -0.2) is 42.5 Å². The number of urea groups is 1. The topological polar surface area (TPSA) is 64.7 Å². The van der Waals surface area contributed by atoms with Crippen molar-refractivity contribution in [2.24, 2.45) is 0 Å². The molecule has 6 nitrogen and oxygen atoms in total. The molecule has 0 spiro atoms. The average Bonchev–Trinajstić information content (AvgIpc) is 2.57. The van der Waals surface area contributed by atoms with E-state index in [2.05, 4.69) is 24.5 Å². The summed E-state index contributed by atoms with van der Waals surface area (Å²) in [4.78, 5) is 28.5. The third kappa shape index (κ3) is 7.12. The SMILES string of the molecule is CCC(=O)Nc1ccc(N(C)C)c(CN(C(=O)NC(C)(C)C)[C@H](C)CC)c1. The monoisotopic (exact) mass is 376 g/mol. The van der Waals surface area contributed by atoms with Gasteiger partial charge in [0.25, 0.3) is 0 Å². The molecule has 2 N–H and O–H groups in total. The minimum atomic E-state index is -0.301. The molecule has 1 aromatic carbocycles. The number of amides is 3. The first-order valence-electron chi connectivity index (χ1n) is 9.67. The Hall–Kier alpha value is -2.24. The predicted molar refractivity (Wildman–Crippen MR) is 113 cm³/mol. The highest BCUT2D eigenvalue weighted by Crippen LogP contribution is 2.26. The summed E-state index contributed by atoms with van der Waals surface area (Å²) >= 11 is 0. The lowest BCUT2D eigenvalue weighted by molar-refractivity contribution is -0.115. The second-order valence-electron chi connectivity index (χ2n) is 8.20. The maximum atomic E-state index is 12.9. The smallest absolute Gasteiger partial charge is 0.318 e. The van der Waals surface area contributed by atoms with Crippen LogP contribution in [0.15, 0.2) is 18.2 Å². The van der Waals surface area contributed by atoms with Crippen molar-refractivity contribution in [2.45, 2.75) is 72.5 Å². The fourth-order valence-corrected chi connectivity index (χ4v) is 2.70. The Morgan fingerprint density at radius 3 is 2.26 bits per heavy atom. The van der Waals surface area contributed by atoms with E-state index >= 15 is 0 Å². The van der Waals surface area contributed by atoms with Gasteiger partial charge in [0.15, 0.2) is 0 Å². The van der Waals surface area contributed by atoms with Gasteiger partial charge in [0.2, 0.25) is 5.91 Å². The van der Waals surface area contributed by atoms with Gasteiger partial charge in [0.1, 0.15) is 0 Å². The Morgan fingerprint density at radius 2 is 1.78 bits per heavy atom. The number of hydrogen-bond donors (Lipinski definition) is 2. The van der Waals surface area contributed by atoms with E-state index < -0.39 is 0 Å². The van der Waals surface area contributed by atoms with Crippen molar-refractivity contribution in [3.63, 3.8) is 0 Å². The van der Waals surface area contributed by atoms with E-state index in [1.165, 1.54) is 0 Å². The van der Waals surface area contributed by atoms with Gasteiger partial charge in [-0.25, -0.2) is 4.79 Å². The molecule has 0 aliphatic carbocycles. The molecule has 6 heteroatoms. The van der Waals surface area contributed by atoms with Gasteiger partial charge in [-0.05, 0) is 57.9 Å². The highest BCUT2D eigenvalue weighted by Gasteiger charge is 2.24. The van der Waals surface area contributed by atoms with Gasteiger partial charge in [0.05, 0.1) is 0 Å². The van der Waals surface area contributed by atoms with Crippen molar-refractivity contribution in [3.05, 3.63) is 23.8 Å². The van der Waals surface area contributed by atoms with Gasteiger partial charge < -0.3 is 20.4 Å². The summed E-state index contributed by atoms with van der Waals surface area (Å²) in [5, 5.41) is 5.97. The summed E-state index contributed by atoms with van der Waals surface area (Å²) in [7, 11) is 3.96. The molecule has 27 heavy (non-hydrogen) atoms. The lowest BCUT2D eigenvalue weighted by Gasteiger charge is -2.33. The number of nitrogens with zero attached hydrogens (tertiary/aromatic N) is 2. The molecule has 1 atom stereocenters. The first kappa shape index (κ1) is 22.8. The number of hydrogen-bond acceptors (Lipinski definition) is 3. The van der Waals surface area contributed by atoms with Gasteiger partial charge in [-0.15, -0.1) is 0 Å². The van der Waals surface area contributed by atoms with E-state index in [0.29, 0.717) is 13.0 Å². The van der Waals surface area contributed by atoms with Crippen LogP contribution in [0.1, 0.15) is 59.9 Å². The Morgan fingerprint density at radius 1 is 1.15 bits per heavy atom. The van der Waals surface area contributed by atoms with Gasteiger partial charge in [-0.2, -0.15) is 0 Å². The van der Waals surface area contributed by atoms with Crippen LogP contribution in [0.5, 0.6) is 0 Å². The molecule has 0 aliphatic heterocycles. The fraction of sp³-hybridized carbons (Fsp3) is 0.619. The highest BCUT2D eigenvalue weighted by atomic mass is 16.2. The molecule has 1 rings (SSSR count). The molecule has 0 saturated heterocycles. The lowest BCUT2D eigenvalue weighted by Crippen LogP contribution is -2.51. The number of rotatable bonds is 7. The summed E-state index contributed by atoms with van der Waals surface area (Å²) in [5.41, 5.74) is 2.48. The summed E-state index contributed by atoms with van der Waals surface area (Å²) in [5.74, 6) is -0.0252. The van der Waals surface area contributed by atoms with Gasteiger partial charge in [0, 0.05) is 50.0 Å². The van der Waals surface area contributed by atoms with Crippen LogP contribution in [-0.2, 0) is 11.3 Å². The van der Waals surface area contributed by atoms with Crippen LogP contribution >= 0.6 is 0 Å². The molecule has 0 saturated carbocycles. The third-order valence-corrected chi connectivity index (χ3v) is 4.37. The second kappa shape index (κ2) is 9.62. The van der Waals surface area contributed by atoms with Crippen LogP contribution in [0.2, 0.25) is 0 Å². The van der Waals surface area contributed by atoms with Crippen molar-refractivity contribution in [1.82, 2.24) is 10.2 Å². The maximum absolute atomic E-state index is 12.9. The quantitative estimate of drug-likeness (QED) is 0.749. The Balaban J connectivity index is 3.22. The maximum Gasteiger partial charge on any atom is 0.318 e. The minimum Gasteiger partial charge on any atom is -0.377 e. The molecule has 0 aliphatic rings. The zero-order chi connectivity index (χ0) is 20.8. The third-order valence-electron chi connectivity index (χ3n) is 4.37. The van der Waals surface area contributed by atoms with Crippen LogP contribution in [0.25, 0.3) is 0 Å². The van der Waals surface area contributed by atoms with Gasteiger partial charge in [-0.3, -0.25) is 4.79 Å². The Kier molecular flexibility index (Phi) is 8.13. The van der Waals surface area contributed by atoms with Gasteiger partial charge >= 0.3 is 6.03 Å². The highest BCUT2D eigenvalue weighted by molar-refractivity contribution is 5.91. The van der Waals surface area contributed by atoms with E-state index in [0.717, 1.165) is 23.4 Å². The zero-order valence-electron chi connectivity index (χ0n) is 18.1. The molecular weight excluding hydrogens is 340 g/mol. The fourth-order valence-electron chi connectivity index (χ4n) is 2.70. The van der Waals surface area contributed by atoms with Crippen molar-refractivity contribution in [2.75, 3.05) is 24.3 Å². The van der Waals surface area contributed by atoms with E-state index in [4.69, 9.17) is 0 Å². The lowest BCUT2D eigenvalue weighted by atomic mass is 10.1. The largest absolute Gasteiger partial charge is 0.377 e. The predicted octanol–water partition coefficient (Wildman–Crippen LogP) is 4.21. The van der Waals surface area contributed by atoms with Crippen molar-refractivity contribution in [1.29, 1.82) is 0 Å². The number of carbonyl (C=O) groups excluding carboxylic acids is 2. The molecule has 0 fully saturated rings. The number of anilines is 2. The minimum absolute atomic E-state index is 0.0252. The van der Waals surface area contributed by atoms with E-state index in [9.17, 15) is 9.59 Å². The molecular formula is C21H36N4O2. The Bertz CT molecular complexity index is 650. The summed E-state index contributed by atoms with van der Waals surface area (Å²) < 4.78 is 0. The average molecular weight is 377 g/mol. The molecule has 0 heterocycles. The number of carbonyl (C=O) groups is 2. The first-order chi connectivity index (χ1) is 12.5. The van der Waals surface area contributed by atoms with Crippen LogP contribution < -0.4 is 15.5 Å². The van der Waals surface area contributed by atoms with E-state index in [1.807, 2.05) is 69.8 Å². The van der Waals surface area contributed by atoms with Crippen molar-refractivity contribution in [3.8, 4) is 0 Å². The zero-order valence-corrected chi connectivity index (χ0v) is 18.1. The second-order valence-corrected chi connectivity index (χ2v) is 8.20. The standard InChI is InChI=1S/C21H36N4O2/c1-9-15(3)25(20(27)23-21(4,5)6)14-16-13-17(22-19(26)10-2)11-12-18(16)24(7)8/h11-13,15H,9-10,14H2,1-8H3,(H,22,26)(H,23,27)/t15-/m1/s1. The van der Waals surface area contributed by atoms with Crippen LogP contribution in [0.3, 0.4) is 0 Å². The normalized spacial score (nSPS) is 12.3. The van der Waals surface area contributed by atoms with Crippen molar-refractivity contribution < 1.29 is 9.59 Å². The number of benzene rings is 1. The van der Waals surface area contributed by atoms with E-state index in [1.54, 1.807) is 0 Å². The van der Waals surface area contributed by atoms with E-state index in [-0.39, 0.29) is 23.5 Å². The van der Waals surface area contributed by atoms with Crippen LogP contribution in [0, 0.1) is 0 Å². The first-order valence-corrected chi connectivity index (χ1v) is 9.67. The molecule has 0 unspecified atom stereocenters. The Labute approximate surface area is 164 Å².